The van der Waals surface area contributed by atoms with Gasteiger partial charge in [0.05, 0.1) is 0 Å². The van der Waals surface area contributed by atoms with Crippen LogP contribution in [0.5, 0.6) is 0 Å². The molecule has 0 aliphatic heterocycles. The van der Waals surface area contributed by atoms with Crippen LogP contribution in [0.3, 0.4) is 0 Å². The van der Waals surface area contributed by atoms with Crippen LogP contribution in [0.25, 0.3) is 0 Å². The fraction of sp³-hybridized carbons (Fsp3) is 0.750. The number of rotatable bonds is 50. The van der Waals surface area contributed by atoms with Gasteiger partial charge in [0.25, 0.3) is 0 Å². The van der Waals surface area contributed by atoms with Crippen molar-refractivity contribution in [1.82, 2.24) is 0 Å². The summed E-state index contributed by atoms with van der Waals surface area (Å²) in [6.07, 6.45) is 68.9. The molecular weight excluding hydrogens is 817 g/mol. The van der Waals surface area contributed by atoms with E-state index in [0.29, 0.717) is 19.3 Å². The normalized spacial score (nSPS) is 12.6. The first-order valence-corrected chi connectivity index (χ1v) is 27.9. The minimum absolute atomic E-state index is 0.0885. The Balaban J connectivity index is 4.43. The summed E-state index contributed by atoms with van der Waals surface area (Å²) in [6, 6.07) is 0. The zero-order valence-corrected chi connectivity index (χ0v) is 43.4. The zero-order chi connectivity index (χ0) is 47.9. The van der Waals surface area contributed by atoms with E-state index in [4.69, 9.17) is 14.2 Å². The van der Waals surface area contributed by atoms with Crippen LogP contribution in [0.4, 0.5) is 0 Å². The third-order valence-electron chi connectivity index (χ3n) is 11.9. The van der Waals surface area contributed by atoms with E-state index in [1.54, 1.807) is 0 Å². The second-order valence-electron chi connectivity index (χ2n) is 18.5. The molecule has 0 rings (SSSR count). The van der Waals surface area contributed by atoms with Crippen LogP contribution in [0, 0.1) is 0 Å². The van der Waals surface area contributed by atoms with Crippen molar-refractivity contribution >= 4 is 17.9 Å². The molecule has 0 spiro atoms. The Hall–Kier alpha value is -3.15. The standard InChI is InChI=1S/C60H104O6/c1-4-7-10-13-16-19-22-25-27-29-30-31-33-35-38-41-44-47-50-53-59(62)65-56-57(55-64-58(61)52-49-46-43-40-37-34-24-21-18-15-12-9-6-3)66-60(63)54-51-48-45-42-39-36-32-28-26-23-20-17-14-11-8-5-2/h7,10,16,19,21,24-25,27,30-31,35,38,57H,4-6,8-9,11-15,17-18,20,22-23,26,28-29,32-34,36-37,39-56H2,1-3H3/b10-7+,19-16+,24-21+,27-25+,31-30+,38-35+/t57-/m1/s1. The second kappa shape index (κ2) is 54.5. The van der Waals surface area contributed by atoms with Crippen LogP contribution >= 0.6 is 0 Å². The Kier molecular flexibility index (Phi) is 51.9. The molecule has 0 aliphatic carbocycles. The Morgan fingerprint density at radius 1 is 0.318 bits per heavy atom. The molecule has 0 aromatic carbocycles. The topological polar surface area (TPSA) is 78.9 Å². The lowest BCUT2D eigenvalue weighted by atomic mass is 10.0. The first kappa shape index (κ1) is 62.8. The highest BCUT2D eigenvalue weighted by molar-refractivity contribution is 5.71. The highest BCUT2D eigenvalue weighted by atomic mass is 16.6. The van der Waals surface area contributed by atoms with Crippen LogP contribution < -0.4 is 0 Å². The second-order valence-corrected chi connectivity index (χ2v) is 18.5. The number of allylic oxidation sites excluding steroid dienone is 12. The van der Waals surface area contributed by atoms with Crippen molar-refractivity contribution in [1.29, 1.82) is 0 Å². The van der Waals surface area contributed by atoms with Crippen LogP contribution in [0.15, 0.2) is 72.9 Å². The third-order valence-corrected chi connectivity index (χ3v) is 11.9. The Bertz CT molecular complexity index is 1240. The SMILES string of the molecule is CC/C=C/C/C=C/C/C=C/C/C=C/C/C=C/CCCCCC(=O)OC[C@@H](COC(=O)CCCCCCC/C=C/CCCCCC)OC(=O)CCCCCCCCCCCCCCCCCC. The highest BCUT2D eigenvalue weighted by Crippen LogP contribution is 2.16. The molecule has 6 heteroatoms. The molecule has 0 saturated heterocycles. The summed E-state index contributed by atoms with van der Waals surface area (Å²) in [5, 5.41) is 0. The summed E-state index contributed by atoms with van der Waals surface area (Å²) in [4.78, 5) is 38.1. The molecule has 0 saturated carbocycles. The van der Waals surface area contributed by atoms with Crippen molar-refractivity contribution in [3.63, 3.8) is 0 Å². The molecule has 0 aromatic heterocycles. The third kappa shape index (κ3) is 51.8. The fourth-order valence-electron chi connectivity index (χ4n) is 7.76. The molecule has 0 aromatic rings. The monoisotopic (exact) mass is 921 g/mol. The lowest BCUT2D eigenvalue weighted by molar-refractivity contribution is -0.167. The van der Waals surface area contributed by atoms with E-state index in [1.807, 2.05) is 0 Å². The fourth-order valence-corrected chi connectivity index (χ4v) is 7.76. The van der Waals surface area contributed by atoms with Crippen LogP contribution in [0.2, 0.25) is 0 Å². The quantitative estimate of drug-likeness (QED) is 0.0262. The first-order chi connectivity index (χ1) is 32.5. The van der Waals surface area contributed by atoms with Crippen molar-refractivity contribution in [2.45, 2.75) is 277 Å². The largest absolute Gasteiger partial charge is 0.462 e. The maximum atomic E-state index is 12.8. The van der Waals surface area contributed by atoms with Gasteiger partial charge in [-0.1, -0.05) is 235 Å². The molecule has 6 nitrogen and oxygen atoms in total. The number of unbranched alkanes of at least 4 members (excludes halogenated alkanes) is 27. The van der Waals surface area contributed by atoms with Gasteiger partial charge in [-0.15, -0.1) is 0 Å². The van der Waals surface area contributed by atoms with E-state index in [9.17, 15) is 14.4 Å². The van der Waals surface area contributed by atoms with Crippen molar-refractivity contribution in [2.24, 2.45) is 0 Å². The van der Waals surface area contributed by atoms with Gasteiger partial charge in [-0.05, 0) is 89.9 Å². The minimum atomic E-state index is -0.790. The van der Waals surface area contributed by atoms with E-state index < -0.39 is 6.10 Å². The minimum Gasteiger partial charge on any atom is -0.462 e. The van der Waals surface area contributed by atoms with Gasteiger partial charge in [-0.2, -0.15) is 0 Å². The van der Waals surface area contributed by atoms with Gasteiger partial charge in [0.1, 0.15) is 13.2 Å². The predicted octanol–water partition coefficient (Wildman–Crippen LogP) is 18.6. The maximum Gasteiger partial charge on any atom is 0.306 e. The van der Waals surface area contributed by atoms with Gasteiger partial charge >= 0.3 is 17.9 Å². The molecule has 380 valence electrons. The van der Waals surface area contributed by atoms with E-state index in [2.05, 4.69) is 93.7 Å². The van der Waals surface area contributed by atoms with Crippen molar-refractivity contribution in [2.75, 3.05) is 13.2 Å². The molecular formula is C60H104O6. The van der Waals surface area contributed by atoms with Gasteiger partial charge in [0, 0.05) is 19.3 Å². The van der Waals surface area contributed by atoms with Gasteiger partial charge in [-0.3, -0.25) is 14.4 Å². The summed E-state index contributed by atoms with van der Waals surface area (Å²) < 4.78 is 16.8. The van der Waals surface area contributed by atoms with E-state index >= 15 is 0 Å². The van der Waals surface area contributed by atoms with Crippen molar-refractivity contribution in [3.8, 4) is 0 Å². The van der Waals surface area contributed by atoms with E-state index in [-0.39, 0.29) is 31.1 Å². The number of carbonyl (C=O) groups is 3. The van der Waals surface area contributed by atoms with Crippen LogP contribution in [-0.2, 0) is 28.6 Å². The number of hydrogen-bond donors (Lipinski definition) is 0. The molecule has 1 atom stereocenters. The van der Waals surface area contributed by atoms with E-state index in [1.165, 1.54) is 128 Å². The molecule has 0 unspecified atom stereocenters. The van der Waals surface area contributed by atoms with Gasteiger partial charge in [-0.25, -0.2) is 0 Å². The van der Waals surface area contributed by atoms with E-state index in [0.717, 1.165) is 103 Å². The van der Waals surface area contributed by atoms with Crippen LogP contribution in [0.1, 0.15) is 271 Å². The average molecular weight is 921 g/mol. The number of esters is 3. The summed E-state index contributed by atoms with van der Waals surface area (Å²) in [7, 11) is 0. The lowest BCUT2D eigenvalue weighted by Crippen LogP contribution is -2.30. The first-order valence-electron chi connectivity index (χ1n) is 27.9. The maximum absolute atomic E-state index is 12.8. The van der Waals surface area contributed by atoms with Gasteiger partial charge in [0.2, 0.25) is 0 Å². The Labute approximate surface area is 408 Å². The Morgan fingerprint density at radius 3 is 0.970 bits per heavy atom. The summed E-state index contributed by atoms with van der Waals surface area (Å²) in [6.45, 7) is 6.49. The van der Waals surface area contributed by atoms with Crippen LogP contribution in [-0.4, -0.2) is 37.2 Å². The van der Waals surface area contributed by atoms with Crippen molar-refractivity contribution < 1.29 is 28.6 Å². The summed E-state index contributed by atoms with van der Waals surface area (Å²) >= 11 is 0. The molecule has 66 heavy (non-hydrogen) atoms. The number of carbonyl (C=O) groups excluding carboxylic acids is 3. The summed E-state index contributed by atoms with van der Waals surface area (Å²) in [5.41, 5.74) is 0. The lowest BCUT2D eigenvalue weighted by Gasteiger charge is -2.18. The summed E-state index contributed by atoms with van der Waals surface area (Å²) in [5.74, 6) is -0.921. The molecule has 0 heterocycles. The Morgan fingerprint density at radius 2 is 0.591 bits per heavy atom. The smallest absolute Gasteiger partial charge is 0.306 e. The molecule has 0 bridgehead atoms. The number of hydrogen-bond acceptors (Lipinski definition) is 6. The number of ether oxygens (including phenoxy) is 3. The molecule has 0 amide bonds. The van der Waals surface area contributed by atoms with Crippen molar-refractivity contribution in [3.05, 3.63) is 72.9 Å². The zero-order valence-electron chi connectivity index (χ0n) is 43.4. The molecule has 0 radical (unpaired) electrons. The van der Waals surface area contributed by atoms with Gasteiger partial charge in [0.15, 0.2) is 6.10 Å². The average Bonchev–Trinajstić information content (AvgIpc) is 3.31. The highest BCUT2D eigenvalue weighted by Gasteiger charge is 2.19. The van der Waals surface area contributed by atoms with Gasteiger partial charge < -0.3 is 14.2 Å². The molecule has 0 N–H and O–H groups in total. The molecule has 0 fully saturated rings. The molecule has 0 aliphatic rings. The predicted molar refractivity (Wildman–Crippen MR) is 284 cm³/mol.